The third kappa shape index (κ3) is 6.08. The lowest BCUT2D eigenvalue weighted by atomic mass is 9.94. The smallest absolute Gasteiger partial charge is 0.0462 e. The first-order valence-electron chi connectivity index (χ1n) is 17.8. The zero-order chi connectivity index (χ0) is 34.7. The third-order valence-electron chi connectivity index (χ3n) is 9.79. The summed E-state index contributed by atoms with van der Waals surface area (Å²) in [6, 6.07) is 78.2. The normalized spacial score (nSPS) is 11.1. The molecule has 9 aromatic rings. The van der Waals surface area contributed by atoms with E-state index in [4.69, 9.17) is 0 Å². The predicted octanol–water partition coefficient (Wildman–Crippen LogP) is 14.3. The Bertz CT molecular complexity index is 2500. The number of hydrogen-bond acceptors (Lipinski definition) is 2. The number of nitrogens with zero attached hydrogens (tertiary/aromatic N) is 2. The van der Waals surface area contributed by atoms with Gasteiger partial charge < -0.3 is 9.80 Å². The van der Waals surface area contributed by atoms with Gasteiger partial charge in [0.15, 0.2) is 0 Å². The van der Waals surface area contributed by atoms with Gasteiger partial charge in [-0.2, -0.15) is 0 Å². The summed E-state index contributed by atoms with van der Waals surface area (Å²) < 4.78 is 0. The number of rotatable bonds is 8. The second-order valence-electron chi connectivity index (χ2n) is 13.0. The van der Waals surface area contributed by atoms with Crippen LogP contribution in [-0.4, -0.2) is 0 Å². The maximum atomic E-state index is 2.36. The lowest BCUT2D eigenvalue weighted by Gasteiger charge is -2.25. The average molecular weight is 665 g/mol. The Balaban J connectivity index is 1.05. The monoisotopic (exact) mass is 664 g/mol. The highest BCUT2D eigenvalue weighted by molar-refractivity contribution is 6.06. The molecule has 9 rings (SSSR count). The molecular weight excluding hydrogens is 629 g/mol. The van der Waals surface area contributed by atoms with E-state index >= 15 is 0 Å². The predicted molar refractivity (Wildman–Crippen MR) is 222 cm³/mol. The van der Waals surface area contributed by atoms with Gasteiger partial charge in [0.1, 0.15) is 0 Å². The van der Waals surface area contributed by atoms with Gasteiger partial charge in [0.25, 0.3) is 0 Å². The van der Waals surface area contributed by atoms with E-state index in [2.05, 4.69) is 228 Å². The highest BCUT2D eigenvalue weighted by atomic mass is 15.1. The van der Waals surface area contributed by atoms with Crippen LogP contribution < -0.4 is 9.80 Å². The van der Waals surface area contributed by atoms with Gasteiger partial charge in [-0.05, 0) is 135 Å². The van der Waals surface area contributed by atoms with E-state index in [-0.39, 0.29) is 0 Å². The quantitative estimate of drug-likeness (QED) is 0.149. The van der Waals surface area contributed by atoms with Crippen molar-refractivity contribution in [1.29, 1.82) is 0 Å². The van der Waals surface area contributed by atoms with E-state index in [0.717, 1.165) is 34.1 Å². The molecule has 0 amide bonds. The number of anilines is 6. The van der Waals surface area contributed by atoms with Crippen molar-refractivity contribution in [2.75, 3.05) is 9.80 Å². The fraction of sp³-hybridized carbons (Fsp3) is 0. The van der Waals surface area contributed by atoms with Crippen LogP contribution in [0.4, 0.5) is 34.1 Å². The van der Waals surface area contributed by atoms with Crippen molar-refractivity contribution in [3.63, 3.8) is 0 Å². The fourth-order valence-corrected chi connectivity index (χ4v) is 7.25. The summed E-state index contributed by atoms with van der Waals surface area (Å²) in [7, 11) is 0. The highest BCUT2D eigenvalue weighted by Gasteiger charge is 2.14. The lowest BCUT2D eigenvalue weighted by Crippen LogP contribution is -2.09. The Morgan fingerprint density at radius 1 is 0.231 bits per heavy atom. The molecule has 246 valence electrons. The Labute approximate surface area is 305 Å². The summed E-state index contributed by atoms with van der Waals surface area (Å²) in [5, 5.41) is 4.96. The minimum absolute atomic E-state index is 1.12. The molecule has 0 aliphatic carbocycles. The minimum atomic E-state index is 1.12. The molecule has 0 aromatic heterocycles. The standard InChI is InChI=1S/C50H36N2/c1-5-15-43(16-6-1)51(44-17-7-2-8-18-44)47-30-26-37(27-31-47)39-24-25-40-34-41-14-13-23-49(50(41)36-42(40)35-39)38-28-32-48(33-29-38)52(45-19-9-3-10-20-45)46-21-11-4-12-22-46/h1-36H. The van der Waals surface area contributed by atoms with Gasteiger partial charge in [-0.1, -0.05) is 127 Å². The van der Waals surface area contributed by atoms with Crippen LogP contribution in [0.25, 0.3) is 43.8 Å². The number of benzene rings is 9. The first kappa shape index (κ1) is 31.1. The number of hydrogen-bond donors (Lipinski definition) is 0. The van der Waals surface area contributed by atoms with Crippen molar-refractivity contribution >= 4 is 55.7 Å². The van der Waals surface area contributed by atoms with Gasteiger partial charge in [0, 0.05) is 34.1 Å². The van der Waals surface area contributed by atoms with Crippen LogP contribution in [-0.2, 0) is 0 Å². The van der Waals surface area contributed by atoms with Gasteiger partial charge >= 0.3 is 0 Å². The molecular formula is C50H36N2. The molecule has 2 nitrogen and oxygen atoms in total. The maximum absolute atomic E-state index is 2.36. The van der Waals surface area contributed by atoms with E-state index in [9.17, 15) is 0 Å². The molecule has 0 radical (unpaired) electrons. The molecule has 0 fully saturated rings. The molecule has 0 spiro atoms. The number of fused-ring (bicyclic) bond motifs is 2. The Morgan fingerprint density at radius 2 is 0.654 bits per heavy atom. The van der Waals surface area contributed by atoms with Crippen LogP contribution in [0, 0.1) is 0 Å². The zero-order valence-corrected chi connectivity index (χ0v) is 28.7. The zero-order valence-electron chi connectivity index (χ0n) is 28.7. The van der Waals surface area contributed by atoms with Crippen LogP contribution in [0.1, 0.15) is 0 Å². The molecule has 0 bridgehead atoms. The van der Waals surface area contributed by atoms with Gasteiger partial charge in [-0.3, -0.25) is 0 Å². The first-order valence-corrected chi connectivity index (χ1v) is 17.8. The van der Waals surface area contributed by atoms with Crippen LogP contribution in [0.3, 0.4) is 0 Å². The van der Waals surface area contributed by atoms with E-state index < -0.39 is 0 Å². The molecule has 0 N–H and O–H groups in total. The third-order valence-corrected chi connectivity index (χ3v) is 9.79. The highest BCUT2D eigenvalue weighted by Crippen LogP contribution is 2.39. The molecule has 2 heteroatoms. The summed E-state index contributed by atoms with van der Waals surface area (Å²) in [5.74, 6) is 0. The van der Waals surface area contributed by atoms with Crippen molar-refractivity contribution < 1.29 is 0 Å². The molecule has 0 unspecified atom stereocenters. The average Bonchev–Trinajstić information content (AvgIpc) is 3.22. The van der Waals surface area contributed by atoms with Gasteiger partial charge in [-0.25, -0.2) is 0 Å². The Kier molecular flexibility index (Phi) is 8.24. The van der Waals surface area contributed by atoms with Crippen molar-refractivity contribution in [1.82, 2.24) is 0 Å². The number of para-hydroxylation sites is 4. The van der Waals surface area contributed by atoms with Crippen molar-refractivity contribution in [3.05, 3.63) is 218 Å². The second kappa shape index (κ2) is 13.8. The summed E-state index contributed by atoms with van der Waals surface area (Å²) in [5.41, 5.74) is 11.6. The molecule has 0 saturated heterocycles. The Morgan fingerprint density at radius 3 is 1.13 bits per heavy atom. The Hall–Kier alpha value is -6.90. The molecule has 52 heavy (non-hydrogen) atoms. The van der Waals surface area contributed by atoms with Crippen LogP contribution in [0.5, 0.6) is 0 Å². The van der Waals surface area contributed by atoms with Gasteiger partial charge in [0.05, 0.1) is 0 Å². The molecule has 0 aliphatic rings. The van der Waals surface area contributed by atoms with Crippen molar-refractivity contribution in [2.24, 2.45) is 0 Å². The topological polar surface area (TPSA) is 6.48 Å². The first-order chi connectivity index (χ1) is 25.8. The van der Waals surface area contributed by atoms with E-state index in [1.807, 2.05) is 0 Å². The molecule has 0 aliphatic heterocycles. The van der Waals surface area contributed by atoms with E-state index in [1.54, 1.807) is 0 Å². The summed E-state index contributed by atoms with van der Waals surface area (Å²) >= 11 is 0. The van der Waals surface area contributed by atoms with Crippen LogP contribution in [0.15, 0.2) is 218 Å². The van der Waals surface area contributed by atoms with Gasteiger partial charge in [-0.15, -0.1) is 0 Å². The van der Waals surface area contributed by atoms with Gasteiger partial charge in [0.2, 0.25) is 0 Å². The SMILES string of the molecule is c1ccc(N(c2ccccc2)c2ccc(-c3ccc4cc5cccc(-c6ccc(N(c7ccccc7)c7ccccc7)cc6)c5cc4c3)cc2)cc1. The summed E-state index contributed by atoms with van der Waals surface area (Å²) in [4.78, 5) is 4.60. The van der Waals surface area contributed by atoms with Crippen molar-refractivity contribution in [3.8, 4) is 22.3 Å². The van der Waals surface area contributed by atoms with Crippen molar-refractivity contribution in [2.45, 2.75) is 0 Å². The summed E-state index contributed by atoms with van der Waals surface area (Å²) in [6.07, 6.45) is 0. The lowest BCUT2D eigenvalue weighted by molar-refractivity contribution is 1.28. The largest absolute Gasteiger partial charge is 0.311 e. The minimum Gasteiger partial charge on any atom is -0.311 e. The maximum Gasteiger partial charge on any atom is 0.0462 e. The molecule has 0 saturated carbocycles. The van der Waals surface area contributed by atoms with E-state index in [1.165, 1.54) is 43.8 Å². The van der Waals surface area contributed by atoms with E-state index in [0.29, 0.717) is 0 Å². The molecule has 9 aromatic carbocycles. The molecule has 0 heterocycles. The van der Waals surface area contributed by atoms with Crippen LogP contribution >= 0.6 is 0 Å². The second-order valence-corrected chi connectivity index (χ2v) is 13.0. The summed E-state index contributed by atoms with van der Waals surface area (Å²) in [6.45, 7) is 0. The fourth-order valence-electron chi connectivity index (χ4n) is 7.25. The van der Waals surface area contributed by atoms with Crippen LogP contribution in [0.2, 0.25) is 0 Å². The molecule has 0 atom stereocenters.